The molecule has 0 aliphatic rings. The minimum Gasteiger partial charge on any atom is -0.490 e. The van der Waals surface area contributed by atoms with Crippen molar-refractivity contribution in [1.82, 2.24) is 9.97 Å². The normalized spacial score (nSPS) is 12.2. The van der Waals surface area contributed by atoms with Crippen LogP contribution in [0.15, 0.2) is 6.33 Å². The minimum atomic E-state index is -0.294. The lowest BCUT2D eigenvalue weighted by atomic mass is 10.2. The highest BCUT2D eigenvalue weighted by Gasteiger charge is 2.09. The summed E-state index contributed by atoms with van der Waals surface area (Å²) in [7, 11) is 1.52. The molecule has 0 aliphatic heterocycles. The van der Waals surface area contributed by atoms with Gasteiger partial charge >= 0.3 is 0 Å². The van der Waals surface area contributed by atoms with Gasteiger partial charge in [0.2, 0.25) is 5.75 Å². The summed E-state index contributed by atoms with van der Waals surface area (Å²) >= 11 is 0. The first-order chi connectivity index (χ1) is 7.69. The summed E-state index contributed by atoms with van der Waals surface area (Å²) in [6, 6.07) is 0. The van der Waals surface area contributed by atoms with E-state index >= 15 is 0 Å². The number of anilines is 2. The predicted molar refractivity (Wildman–Crippen MR) is 62.4 cm³/mol. The summed E-state index contributed by atoms with van der Waals surface area (Å²) in [6.45, 7) is 2.55. The van der Waals surface area contributed by atoms with Crippen LogP contribution < -0.4 is 15.8 Å². The van der Waals surface area contributed by atoms with Gasteiger partial charge in [-0.05, 0) is 12.8 Å². The van der Waals surface area contributed by atoms with Crippen molar-refractivity contribution in [2.75, 3.05) is 24.7 Å². The maximum atomic E-state index is 9.39. The van der Waals surface area contributed by atoms with Gasteiger partial charge < -0.3 is 20.9 Å². The quantitative estimate of drug-likeness (QED) is 0.659. The summed E-state index contributed by atoms with van der Waals surface area (Å²) in [5, 5.41) is 12.4. The highest BCUT2D eigenvalue weighted by atomic mass is 16.5. The van der Waals surface area contributed by atoms with E-state index in [4.69, 9.17) is 10.5 Å². The van der Waals surface area contributed by atoms with E-state index in [1.165, 1.54) is 13.4 Å². The zero-order valence-corrected chi connectivity index (χ0v) is 9.60. The Morgan fingerprint density at radius 1 is 1.56 bits per heavy atom. The number of ether oxygens (including phenoxy) is 1. The number of nitrogens with two attached hydrogens (primary N) is 1. The maximum absolute atomic E-state index is 9.39. The van der Waals surface area contributed by atoms with Crippen LogP contribution in [0.1, 0.15) is 19.8 Å². The van der Waals surface area contributed by atoms with Gasteiger partial charge in [-0.15, -0.1) is 0 Å². The van der Waals surface area contributed by atoms with Crippen LogP contribution in [0.25, 0.3) is 0 Å². The van der Waals surface area contributed by atoms with Gasteiger partial charge in [0.05, 0.1) is 13.2 Å². The number of nitrogens with one attached hydrogen (secondary N) is 1. The largest absolute Gasteiger partial charge is 0.490 e. The highest BCUT2D eigenvalue weighted by molar-refractivity contribution is 5.61. The molecule has 6 nitrogen and oxygen atoms in total. The summed E-state index contributed by atoms with van der Waals surface area (Å²) in [5.41, 5.74) is 5.62. The minimum absolute atomic E-state index is 0.294. The van der Waals surface area contributed by atoms with Crippen molar-refractivity contribution in [3.63, 3.8) is 0 Å². The predicted octanol–water partition coefficient (Wildman–Crippen LogP) is 0.640. The molecule has 6 heteroatoms. The van der Waals surface area contributed by atoms with E-state index in [9.17, 15) is 5.11 Å². The SMILES string of the molecule is CCC(O)CCNc1ncnc(N)c1OC. The highest BCUT2D eigenvalue weighted by Crippen LogP contribution is 2.25. The lowest BCUT2D eigenvalue weighted by Gasteiger charge is -2.12. The lowest BCUT2D eigenvalue weighted by Crippen LogP contribution is -2.14. The number of hydrogen-bond donors (Lipinski definition) is 3. The van der Waals surface area contributed by atoms with E-state index in [0.717, 1.165) is 6.42 Å². The van der Waals surface area contributed by atoms with Gasteiger partial charge in [-0.3, -0.25) is 0 Å². The van der Waals surface area contributed by atoms with Gasteiger partial charge in [0.25, 0.3) is 0 Å². The number of aromatic nitrogens is 2. The third-order valence-corrected chi connectivity index (χ3v) is 2.28. The number of rotatable bonds is 6. The van der Waals surface area contributed by atoms with Crippen molar-refractivity contribution < 1.29 is 9.84 Å². The molecule has 0 saturated carbocycles. The molecule has 0 fully saturated rings. The van der Waals surface area contributed by atoms with Crippen molar-refractivity contribution in [2.45, 2.75) is 25.9 Å². The van der Waals surface area contributed by atoms with Crippen LogP contribution in [-0.2, 0) is 0 Å². The van der Waals surface area contributed by atoms with Crippen LogP contribution in [0, 0.1) is 0 Å². The van der Waals surface area contributed by atoms with Crippen LogP contribution in [0.2, 0.25) is 0 Å². The summed E-state index contributed by atoms with van der Waals surface area (Å²) in [6.07, 6.45) is 2.47. The van der Waals surface area contributed by atoms with E-state index in [1.807, 2.05) is 6.92 Å². The van der Waals surface area contributed by atoms with Crippen LogP contribution in [-0.4, -0.2) is 34.8 Å². The van der Waals surface area contributed by atoms with E-state index in [1.54, 1.807) is 0 Å². The second-order valence-corrected chi connectivity index (χ2v) is 3.42. The molecule has 0 radical (unpaired) electrons. The smallest absolute Gasteiger partial charge is 0.203 e. The number of methoxy groups -OCH3 is 1. The van der Waals surface area contributed by atoms with Crippen LogP contribution in [0.4, 0.5) is 11.6 Å². The standard InChI is InChI=1S/C10H18N4O2/c1-3-7(15)4-5-12-10-8(16-2)9(11)13-6-14-10/h6-7,15H,3-5H2,1-2H3,(H3,11,12,13,14). The molecule has 0 bridgehead atoms. The first-order valence-electron chi connectivity index (χ1n) is 5.25. The molecular weight excluding hydrogens is 208 g/mol. The van der Waals surface area contributed by atoms with Gasteiger partial charge in [0.15, 0.2) is 11.6 Å². The van der Waals surface area contributed by atoms with Gasteiger partial charge in [-0.25, -0.2) is 9.97 Å². The van der Waals surface area contributed by atoms with Crippen molar-refractivity contribution in [3.8, 4) is 5.75 Å². The molecule has 1 rings (SSSR count). The van der Waals surface area contributed by atoms with Crippen molar-refractivity contribution in [2.24, 2.45) is 0 Å². The van der Waals surface area contributed by atoms with Crippen LogP contribution in [0.5, 0.6) is 5.75 Å². The van der Waals surface area contributed by atoms with Gasteiger partial charge in [-0.1, -0.05) is 6.92 Å². The molecule has 90 valence electrons. The van der Waals surface area contributed by atoms with E-state index in [-0.39, 0.29) is 6.10 Å². The molecule has 1 aromatic heterocycles. The van der Waals surface area contributed by atoms with E-state index in [2.05, 4.69) is 15.3 Å². The van der Waals surface area contributed by atoms with Crippen LogP contribution >= 0.6 is 0 Å². The average molecular weight is 226 g/mol. The molecular formula is C10H18N4O2. The third kappa shape index (κ3) is 3.23. The molecule has 1 unspecified atom stereocenters. The van der Waals surface area contributed by atoms with Gasteiger partial charge in [-0.2, -0.15) is 0 Å². The number of aliphatic hydroxyl groups is 1. The fourth-order valence-electron chi connectivity index (χ4n) is 1.28. The molecule has 1 heterocycles. The summed E-state index contributed by atoms with van der Waals surface area (Å²) in [5.74, 6) is 1.29. The van der Waals surface area contributed by atoms with Gasteiger partial charge in [0.1, 0.15) is 6.33 Å². The second kappa shape index (κ2) is 6.12. The van der Waals surface area contributed by atoms with Crippen molar-refractivity contribution in [1.29, 1.82) is 0 Å². The fourth-order valence-corrected chi connectivity index (χ4v) is 1.28. The Kier molecular flexibility index (Phi) is 4.78. The molecule has 0 spiro atoms. The molecule has 0 saturated heterocycles. The lowest BCUT2D eigenvalue weighted by molar-refractivity contribution is 0.164. The van der Waals surface area contributed by atoms with Crippen molar-refractivity contribution >= 4 is 11.6 Å². The van der Waals surface area contributed by atoms with Gasteiger partial charge in [0, 0.05) is 6.54 Å². The van der Waals surface area contributed by atoms with Crippen LogP contribution in [0.3, 0.4) is 0 Å². The monoisotopic (exact) mass is 226 g/mol. The Labute approximate surface area is 94.9 Å². The number of hydrogen-bond acceptors (Lipinski definition) is 6. The second-order valence-electron chi connectivity index (χ2n) is 3.42. The zero-order valence-electron chi connectivity index (χ0n) is 9.60. The summed E-state index contributed by atoms with van der Waals surface area (Å²) in [4.78, 5) is 7.85. The molecule has 1 atom stereocenters. The number of nitrogens with zero attached hydrogens (tertiary/aromatic N) is 2. The molecule has 1 aromatic rings. The van der Waals surface area contributed by atoms with E-state index < -0.39 is 0 Å². The Balaban J connectivity index is 2.56. The molecule has 0 aromatic carbocycles. The molecule has 4 N–H and O–H groups in total. The average Bonchev–Trinajstić information content (AvgIpc) is 2.29. The number of aliphatic hydroxyl groups excluding tert-OH is 1. The third-order valence-electron chi connectivity index (χ3n) is 2.28. The van der Waals surface area contributed by atoms with E-state index in [0.29, 0.717) is 30.4 Å². The molecule has 0 aliphatic carbocycles. The zero-order chi connectivity index (χ0) is 12.0. The van der Waals surface area contributed by atoms with Crippen molar-refractivity contribution in [3.05, 3.63) is 6.33 Å². The topological polar surface area (TPSA) is 93.3 Å². The maximum Gasteiger partial charge on any atom is 0.203 e. The number of nitrogen functional groups attached to an aromatic ring is 1. The molecule has 0 amide bonds. The summed E-state index contributed by atoms with van der Waals surface area (Å²) < 4.78 is 5.08. The fraction of sp³-hybridized carbons (Fsp3) is 0.600. The Hall–Kier alpha value is -1.56. The molecule has 16 heavy (non-hydrogen) atoms. The first-order valence-corrected chi connectivity index (χ1v) is 5.25. The Morgan fingerprint density at radius 2 is 2.31 bits per heavy atom. The Morgan fingerprint density at radius 3 is 2.94 bits per heavy atom. The Bertz CT molecular complexity index is 333. The first kappa shape index (κ1) is 12.5.